The van der Waals surface area contributed by atoms with Crippen molar-refractivity contribution in [2.24, 2.45) is 7.05 Å². The number of hydrogen-bond acceptors (Lipinski definition) is 2. The lowest BCUT2D eigenvalue weighted by Crippen LogP contribution is -2.33. The quantitative estimate of drug-likeness (QED) is 0.876. The molecule has 4 heteroatoms. The predicted molar refractivity (Wildman–Crippen MR) is 73.0 cm³/mol. The number of fused-ring (bicyclic) bond motifs is 1. The largest absolute Gasteiger partial charge is 0.308 e. The van der Waals surface area contributed by atoms with E-state index < -0.39 is 0 Å². The first-order chi connectivity index (χ1) is 8.12. The molecule has 0 saturated carbocycles. The maximum Gasteiger partial charge on any atom is 0.136 e. The van der Waals surface area contributed by atoms with Crippen molar-refractivity contribution in [2.45, 2.75) is 25.3 Å². The molecule has 1 aliphatic heterocycles. The second kappa shape index (κ2) is 3.82. The average molecular weight is 294 g/mol. The number of nitrogens with one attached hydrogen (secondary N) is 1. The molecular weight excluding hydrogens is 278 g/mol. The van der Waals surface area contributed by atoms with Crippen LogP contribution in [0, 0.1) is 0 Å². The molecule has 1 unspecified atom stereocenters. The lowest BCUT2D eigenvalue weighted by atomic mass is 9.88. The lowest BCUT2D eigenvalue weighted by molar-refractivity contribution is 0.438. The third-order valence-electron chi connectivity index (χ3n) is 3.80. The first kappa shape index (κ1) is 11.2. The van der Waals surface area contributed by atoms with E-state index in [1.807, 2.05) is 11.7 Å². The highest BCUT2D eigenvalue weighted by Crippen LogP contribution is 2.37. The summed E-state index contributed by atoms with van der Waals surface area (Å²) in [6.45, 7) is 3.39. The molecule has 1 atom stereocenters. The number of hydrogen-bond donors (Lipinski definition) is 1. The minimum atomic E-state index is 0.0884. The maximum atomic E-state index is 4.46. The van der Waals surface area contributed by atoms with Gasteiger partial charge in [0.05, 0.1) is 5.52 Å². The Labute approximate surface area is 109 Å². The van der Waals surface area contributed by atoms with Crippen molar-refractivity contribution in [1.82, 2.24) is 15.1 Å². The Morgan fingerprint density at radius 2 is 2.29 bits per heavy atom. The molecule has 1 aromatic heterocycles. The highest BCUT2D eigenvalue weighted by Gasteiger charge is 2.32. The zero-order chi connectivity index (χ0) is 12.0. The molecule has 0 spiro atoms. The van der Waals surface area contributed by atoms with Crippen molar-refractivity contribution < 1.29 is 0 Å². The summed E-state index contributed by atoms with van der Waals surface area (Å²) in [4.78, 5) is 0. The summed E-state index contributed by atoms with van der Waals surface area (Å²) in [6, 6.07) is 6.46. The first-order valence-electron chi connectivity index (χ1n) is 5.98. The zero-order valence-corrected chi connectivity index (χ0v) is 11.7. The van der Waals surface area contributed by atoms with E-state index in [1.165, 1.54) is 29.3 Å². The molecule has 1 saturated heterocycles. The molecular formula is C13H16BrN3. The van der Waals surface area contributed by atoms with E-state index in [0.717, 1.165) is 11.1 Å². The van der Waals surface area contributed by atoms with Gasteiger partial charge in [-0.05, 0) is 53.9 Å². The van der Waals surface area contributed by atoms with Crippen molar-refractivity contribution in [1.29, 1.82) is 0 Å². The van der Waals surface area contributed by atoms with Crippen molar-refractivity contribution in [3.63, 3.8) is 0 Å². The highest BCUT2D eigenvalue weighted by atomic mass is 79.9. The minimum Gasteiger partial charge on any atom is -0.308 e. The topological polar surface area (TPSA) is 29.9 Å². The molecule has 1 aliphatic rings. The fourth-order valence-corrected chi connectivity index (χ4v) is 3.50. The molecule has 90 valence electrons. The van der Waals surface area contributed by atoms with Gasteiger partial charge in [0, 0.05) is 18.0 Å². The Hall–Kier alpha value is -0.870. The van der Waals surface area contributed by atoms with Gasteiger partial charge in [0.1, 0.15) is 4.60 Å². The molecule has 1 fully saturated rings. The van der Waals surface area contributed by atoms with Gasteiger partial charge in [-0.1, -0.05) is 12.1 Å². The van der Waals surface area contributed by atoms with E-state index in [1.54, 1.807) is 0 Å². The van der Waals surface area contributed by atoms with Crippen LogP contribution in [-0.2, 0) is 12.6 Å². The van der Waals surface area contributed by atoms with Crippen LogP contribution in [0.4, 0.5) is 0 Å². The van der Waals surface area contributed by atoms with E-state index >= 15 is 0 Å². The predicted octanol–water partition coefficient (Wildman–Crippen LogP) is 2.93. The van der Waals surface area contributed by atoms with Gasteiger partial charge in [0.15, 0.2) is 0 Å². The normalized spacial score (nSPS) is 24.6. The van der Waals surface area contributed by atoms with Gasteiger partial charge in [-0.3, -0.25) is 4.68 Å². The highest BCUT2D eigenvalue weighted by molar-refractivity contribution is 9.10. The molecule has 2 aromatic rings. The van der Waals surface area contributed by atoms with Gasteiger partial charge in [-0.2, -0.15) is 5.10 Å². The molecule has 0 bridgehead atoms. The summed E-state index contributed by atoms with van der Waals surface area (Å²) in [7, 11) is 1.99. The van der Waals surface area contributed by atoms with Crippen molar-refractivity contribution >= 4 is 26.8 Å². The summed E-state index contributed by atoms with van der Waals surface area (Å²) in [5.41, 5.74) is 2.63. The first-order valence-corrected chi connectivity index (χ1v) is 6.78. The van der Waals surface area contributed by atoms with Crippen molar-refractivity contribution in [3.05, 3.63) is 28.4 Å². The molecule has 3 nitrogen and oxygen atoms in total. The van der Waals surface area contributed by atoms with Gasteiger partial charge in [0.25, 0.3) is 0 Å². The van der Waals surface area contributed by atoms with Crippen LogP contribution in [0.2, 0.25) is 0 Å². The summed E-state index contributed by atoms with van der Waals surface area (Å²) in [6.07, 6.45) is 2.43. The molecule has 1 N–H and O–H groups in total. The van der Waals surface area contributed by atoms with Gasteiger partial charge in [0.2, 0.25) is 0 Å². The monoisotopic (exact) mass is 293 g/mol. The Morgan fingerprint density at radius 1 is 1.47 bits per heavy atom. The SMILES string of the molecule is Cn1nc(Br)c2c(C3(C)CCCN3)cccc21. The molecule has 17 heavy (non-hydrogen) atoms. The van der Waals surface area contributed by atoms with Crippen LogP contribution in [-0.4, -0.2) is 16.3 Å². The summed E-state index contributed by atoms with van der Waals surface area (Å²) < 4.78 is 2.88. The Balaban J connectivity index is 2.29. The number of halogens is 1. The Kier molecular flexibility index (Phi) is 2.52. The summed E-state index contributed by atoms with van der Waals surface area (Å²) >= 11 is 3.58. The molecule has 2 heterocycles. The molecule has 1 aromatic carbocycles. The van der Waals surface area contributed by atoms with Crippen molar-refractivity contribution in [2.75, 3.05) is 6.54 Å². The minimum absolute atomic E-state index is 0.0884. The fraction of sp³-hybridized carbons (Fsp3) is 0.462. The fourth-order valence-electron chi connectivity index (χ4n) is 2.85. The number of rotatable bonds is 1. The van der Waals surface area contributed by atoms with Gasteiger partial charge in [-0.15, -0.1) is 0 Å². The van der Waals surface area contributed by atoms with Crippen LogP contribution >= 0.6 is 15.9 Å². The summed E-state index contributed by atoms with van der Waals surface area (Å²) in [5, 5.41) is 9.32. The third-order valence-corrected chi connectivity index (χ3v) is 4.35. The molecule has 0 aliphatic carbocycles. The molecule has 3 rings (SSSR count). The standard InChI is InChI=1S/C13H16BrN3/c1-13(7-4-8-15-13)9-5-3-6-10-11(9)12(14)16-17(10)2/h3,5-6,15H,4,7-8H2,1-2H3. The number of benzene rings is 1. The van der Waals surface area contributed by atoms with E-state index in [-0.39, 0.29) is 5.54 Å². The van der Waals surface area contributed by atoms with Gasteiger partial charge >= 0.3 is 0 Å². The zero-order valence-electron chi connectivity index (χ0n) is 10.1. The average Bonchev–Trinajstić information content (AvgIpc) is 2.86. The van der Waals surface area contributed by atoms with E-state index in [2.05, 4.69) is 51.5 Å². The van der Waals surface area contributed by atoms with Gasteiger partial charge < -0.3 is 5.32 Å². The second-order valence-corrected chi connectivity index (χ2v) is 5.73. The summed E-state index contributed by atoms with van der Waals surface area (Å²) in [5.74, 6) is 0. The van der Waals surface area contributed by atoms with Gasteiger partial charge in [-0.25, -0.2) is 0 Å². The van der Waals surface area contributed by atoms with E-state index in [9.17, 15) is 0 Å². The smallest absolute Gasteiger partial charge is 0.136 e. The van der Waals surface area contributed by atoms with Crippen LogP contribution in [0.3, 0.4) is 0 Å². The molecule has 0 radical (unpaired) electrons. The third kappa shape index (κ3) is 1.62. The lowest BCUT2D eigenvalue weighted by Gasteiger charge is -2.25. The maximum absolute atomic E-state index is 4.46. The van der Waals surface area contributed by atoms with E-state index in [0.29, 0.717) is 0 Å². The molecule has 0 amide bonds. The number of aryl methyl sites for hydroxylation is 1. The Morgan fingerprint density at radius 3 is 3.00 bits per heavy atom. The van der Waals surface area contributed by atoms with Crippen LogP contribution in [0.1, 0.15) is 25.3 Å². The van der Waals surface area contributed by atoms with Crippen LogP contribution in [0.5, 0.6) is 0 Å². The second-order valence-electron chi connectivity index (χ2n) is 4.98. The Bertz CT molecular complexity index is 567. The van der Waals surface area contributed by atoms with E-state index in [4.69, 9.17) is 0 Å². The van der Waals surface area contributed by atoms with Crippen LogP contribution < -0.4 is 5.32 Å². The van der Waals surface area contributed by atoms with Crippen molar-refractivity contribution in [3.8, 4) is 0 Å². The van der Waals surface area contributed by atoms with Crippen LogP contribution in [0.15, 0.2) is 22.8 Å². The number of nitrogens with zero attached hydrogens (tertiary/aromatic N) is 2. The van der Waals surface area contributed by atoms with Crippen LogP contribution in [0.25, 0.3) is 10.9 Å². The number of aromatic nitrogens is 2.